The molecule has 3 amide bonds. The fourth-order valence-electron chi connectivity index (χ4n) is 6.20. The first-order valence-corrected chi connectivity index (χ1v) is 21.6. The van der Waals surface area contributed by atoms with Crippen LogP contribution in [0.25, 0.3) is 0 Å². The highest BCUT2D eigenvalue weighted by Gasteiger charge is 2.43. The predicted octanol–water partition coefficient (Wildman–Crippen LogP) is 7.18. The Balaban J connectivity index is 1.67. The lowest BCUT2D eigenvalue weighted by Gasteiger charge is -2.43. The molecule has 1 saturated heterocycles. The smallest absolute Gasteiger partial charge is 0.407 e. The van der Waals surface area contributed by atoms with Crippen LogP contribution in [0.15, 0.2) is 79.4 Å². The molecule has 1 aromatic heterocycles. The third-order valence-corrected chi connectivity index (χ3v) is 14.8. The summed E-state index contributed by atoms with van der Waals surface area (Å²) in [6, 6.07) is 18.9. The largest absolute Gasteiger partial charge is 0.444 e. The summed E-state index contributed by atoms with van der Waals surface area (Å²) in [6.45, 7) is 21.5. The van der Waals surface area contributed by atoms with E-state index in [0.29, 0.717) is 32.4 Å². The Morgan fingerprint density at radius 2 is 1.46 bits per heavy atom. The number of rotatable bonds is 15. The van der Waals surface area contributed by atoms with E-state index >= 15 is 0 Å². The van der Waals surface area contributed by atoms with E-state index in [0.717, 1.165) is 11.1 Å². The normalized spacial score (nSPS) is 16.4. The van der Waals surface area contributed by atoms with Crippen molar-refractivity contribution in [1.82, 2.24) is 25.1 Å². The van der Waals surface area contributed by atoms with Crippen LogP contribution in [0.1, 0.15) is 79.0 Å². The lowest BCUT2D eigenvalue weighted by Crippen LogP contribution is -2.59. The number of carbonyl (C=O) groups is 3. The van der Waals surface area contributed by atoms with E-state index in [1.165, 1.54) is 0 Å². The van der Waals surface area contributed by atoms with Gasteiger partial charge in [-0.3, -0.25) is 9.59 Å². The minimum absolute atomic E-state index is 0.0826. The van der Waals surface area contributed by atoms with Crippen molar-refractivity contribution in [2.75, 3.05) is 13.1 Å². The van der Waals surface area contributed by atoms with Crippen LogP contribution >= 0.6 is 0 Å². The van der Waals surface area contributed by atoms with Crippen LogP contribution in [0, 0.1) is 11.8 Å². The van der Waals surface area contributed by atoms with Crippen LogP contribution in [-0.4, -0.2) is 77.6 Å². The number of amides is 3. The molecule has 4 atom stereocenters. The molecule has 0 aliphatic carbocycles. The van der Waals surface area contributed by atoms with Gasteiger partial charge in [-0.25, -0.2) is 9.78 Å². The molecule has 2 N–H and O–H groups in total. The maximum atomic E-state index is 14.6. The number of likely N-dealkylation sites (tertiary alicyclic amines) is 1. The highest BCUT2D eigenvalue weighted by atomic mass is 28.4. The molecule has 0 spiro atoms. The third-order valence-electron chi connectivity index (χ3n) is 10.3. The Morgan fingerprint density at radius 1 is 0.885 bits per heavy atom. The average molecular weight is 732 g/mol. The van der Waals surface area contributed by atoms with Gasteiger partial charge in [0, 0.05) is 31.4 Å². The van der Waals surface area contributed by atoms with Crippen LogP contribution < -0.4 is 10.6 Å². The van der Waals surface area contributed by atoms with E-state index in [1.807, 2.05) is 111 Å². The first-order chi connectivity index (χ1) is 24.3. The van der Waals surface area contributed by atoms with Gasteiger partial charge in [0.2, 0.25) is 11.8 Å². The Morgan fingerprint density at radius 3 is 1.96 bits per heavy atom. The van der Waals surface area contributed by atoms with Crippen LogP contribution in [0.3, 0.4) is 0 Å². The Hall–Kier alpha value is -3.96. The first kappa shape index (κ1) is 40.8. The molecule has 2 heterocycles. The van der Waals surface area contributed by atoms with Crippen LogP contribution in [0.5, 0.6) is 0 Å². The summed E-state index contributed by atoms with van der Waals surface area (Å²) in [7, 11) is -2.44. The van der Waals surface area contributed by atoms with Gasteiger partial charge in [-0.05, 0) is 75.2 Å². The van der Waals surface area contributed by atoms with Crippen molar-refractivity contribution in [3.8, 4) is 0 Å². The molecule has 4 rings (SSSR count). The van der Waals surface area contributed by atoms with E-state index in [2.05, 4.69) is 49.5 Å². The summed E-state index contributed by atoms with van der Waals surface area (Å²) >= 11 is 0. The minimum atomic E-state index is -2.44. The van der Waals surface area contributed by atoms with E-state index in [4.69, 9.17) is 9.16 Å². The third kappa shape index (κ3) is 11.5. The molecule has 1 fully saturated rings. The van der Waals surface area contributed by atoms with Crippen molar-refractivity contribution in [2.45, 2.75) is 123 Å². The number of ether oxygens (including phenoxy) is 1. The lowest BCUT2D eigenvalue weighted by molar-refractivity contribution is -0.143. The second-order valence-corrected chi connectivity index (χ2v) is 21.9. The Kier molecular flexibility index (Phi) is 13.5. The molecule has 0 radical (unpaired) electrons. The zero-order valence-electron chi connectivity index (χ0n) is 32.9. The van der Waals surface area contributed by atoms with Gasteiger partial charge in [0.1, 0.15) is 11.6 Å². The average Bonchev–Trinajstić information content (AvgIpc) is 3.55. The van der Waals surface area contributed by atoms with Crippen molar-refractivity contribution in [1.29, 1.82) is 0 Å². The molecule has 52 heavy (non-hydrogen) atoms. The number of hydrogen-bond donors (Lipinski definition) is 2. The second kappa shape index (κ2) is 17.2. The van der Waals surface area contributed by atoms with E-state index in [9.17, 15) is 14.4 Å². The quantitative estimate of drug-likeness (QED) is 0.160. The van der Waals surface area contributed by atoms with E-state index < -0.39 is 44.1 Å². The summed E-state index contributed by atoms with van der Waals surface area (Å²) in [5.74, 6) is -0.969. The van der Waals surface area contributed by atoms with Gasteiger partial charge in [0.05, 0.1) is 24.5 Å². The lowest BCUT2D eigenvalue weighted by atomic mass is 9.88. The van der Waals surface area contributed by atoms with Crippen LogP contribution in [0.4, 0.5) is 4.79 Å². The molecule has 1 aliphatic heterocycles. The fourth-order valence-corrected chi connectivity index (χ4v) is 7.58. The van der Waals surface area contributed by atoms with Crippen molar-refractivity contribution in [3.05, 3.63) is 90.5 Å². The second-order valence-electron chi connectivity index (χ2n) is 17.1. The number of imidazole rings is 1. The topological polar surface area (TPSA) is 115 Å². The van der Waals surface area contributed by atoms with Crippen LogP contribution in [-0.2, 0) is 31.6 Å². The zero-order valence-corrected chi connectivity index (χ0v) is 33.9. The maximum Gasteiger partial charge on any atom is 0.407 e. The van der Waals surface area contributed by atoms with Crippen molar-refractivity contribution < 1.29 is 23.5 Å². The Bertz CT molecular complexity index is 1580. The first-order valence-electron chi connectivity index (χ1n) is 18.6. The Labute approximate surface area is 312 Å². The number of nitrogens with zero attached hydrogens (tertiary/aromatic N) is 3. The molecule has 0 bridgehead atoms. The highest BCUT2D eigenvalue weighted by molar-refractivity contribution is 6.74. The highest BCUT2D eigenvalue weighted by Crippen LogP contribution is 2.39. The number of nitrogens with one attached hydrogen (secondary N) is 2. The predicted molar refractivity (Wildman–Crippen MR) is 208 cm³/mol. The summed E-state index contributed by atoms with van der Waals surface area (Å²) < 4.78 is 15.0. The molecule has 0 unspecified atom stereocenters. The van der Waals surface area contributed by atoms with Gasteiger partial charge in [0.25, 0.3) is 0 Å². The SMILES string of the molecule is CC(C)[C@H](NC(=O)[C@@H](Cc1ccccc1)C[C@@H](O[Si](C)(C)C(C)(C)C)[C@H](Cc1ccccc1)NC(=O)OC(C)(C)C)C(=O)N1CC(n2ccnc2)C1. The zero-order chi connectivity index (χ0) is 38.3. The molecular formula is C41H61N5O5Si. The molecule has 11 heteroatoms. The molecule has 1 aliphatic rings. The number of alkyl carbamates (subject to hydrolysis) is 1. The van der Waals surface area contributed by atoms with Crippen LogP contribution in [0.2, 0.25) is 18.1 Å². The van der Waals surface area contributed by atoms with Gasteiger partial charge in [-0.2, -0.15) is 0 Å². The van der Waals surface area contributed by atoms with Crippen molar-refractivity contribution in [2.24, 2.45) is 11.8 Å². The monoisotopic (exact) mass is 731 g/mol. The summed E-state index contributed by atoms with van der Waals surface area (Å²) in [4.78, 5) is 47.8. The molecular weight excluding hydrogens is 671 g/mol. The van der Waals surface area contributed by atoms with E-state index in [-0.39, 0.29) is 28.8 Å². The fraction of sp³-hybridized carbons (Fsp3) is 0.561. The van der Waals surface area contributed by atoms with Gasteiger partial charge < -0.3 is 29.3 Å². The maximum absolute atomic E-state index is 14.6. The van der Waals surface area contributed by atoms with Crippen molar-refractivity contribution in [3.63, 3.8) is 0 Å². The van der Waals surface area contributed by atoms with Crippen molar-refractivity contribution >= 4 is 26.2 Å². The molecule has 0 saturated carbocycles. The number of benzene rings is 2. The molecule has 2 aromatic carbocycles. The van der Waals surface area contributed by atoms with E-state index in [1.54, 1.807) is 12.5 Å². The van der Waals surface area contributed by atoms with Gasteiger partial charge in [0.15, 0.2) is 8.32 Å². The standard InChI is InChI=1S/C41H61N5O5Si/c1-29(2)36(38(48)46-26-33(27-46)45-22-21-42-28-45)44-37(47)32(23-30-17-13-11-14-18-30)25-35(51-52(9,10)41(6,7)8)34(24-31-19-15-12-16-20-31)43-39(49)50-40(3,4)5/h11-22,28-29,32-36H,23-27H2,1-10H3,(H,43,49)(H,44,47)/t32-,34-,35+,36-/m0/s1. The minimum Gasteiger partial charge on any atom is -0.444 e. The number of aromatic nitrogens is 2. The summed E-state index contributed by atoms with van der Waals surface area (Å²) in [6.07, 6.45) is 5.61. The molecule has 284 valence electrons. The number of carbonyl (C=O) groups excluding carboxylic acids is 3. The summed E-state index contributed by atoms with van der Waals surface area (Å²) in [5.41, 5.74) is 1.35. The van der Waals surface area contributed by atoms with Gasteiger partial charge in [-0.1, -0.05) is 95.3 Å². The summed E-state index contributed by atoms with van der Waals surface area (Å²) in [5, 5.41) is 6.22. The molecule has 3 aromatic rings. The molecule has 10 nitrogen and oxygen atoms in total. The van der Waals surface area contributed by atoms with Gasteiger partial charge >= 0.3 is 6.09 Å². The van der Waals surface area contributed by atoms with Gasteiger partial charge in [-0.15, -0.1) is 0 Å². The number of hydrogen-bond acceptors (Lipinski definition) is 6.